The van der Waals surface area contributed by atoms with E-state index >= 15 is 0 Å². The van der Waals surface area contributed by atoms with Gasteiger partial charge in [-0.05, 0) is 13.0 Å². The van der Waals surface area contributed by atoms with Gasteiger partial charge in [-0.1, -0.05) is 0 Å². The van der Waals surface area contributed by atoms with Crippen molar-refractivity contribution < 1.29 is 22.7 Å². The van der Waals surface area contributed by atoms with Crippen LogP contribution in [0.15, 0.2) is 17.0 Å². The fourth-order valence-corrected chi connectivity index (χ4v) is 2.31. The zero-order chi connectivity index (χ0) is 15.5. The Hall–Kier alpha value is -1.80. The van der Waals surface area contributed by atoms with Crippen molar-refractivity contribution in [1.82, 2.24) is 4.90 Å². The first-order chi connectivity index (χ1) is 9.26. The lowest BCUT2D eigenvalue weighted by atomic mass is 10.1. The summed E-state index contributed by atoms with van der Waals surface area (Å²) in [5, 5.41) is 5.13. The molecule has 1 aromatic carbocycles. The van der Waals surface area contributed by atoms with E-state index in [2.05, 4.69) is 0 Å². The predicted octanol–water partition coefficient (Wildman–Crippen LogP) is 0.443. The van der Waals surface area contributed by atoms with Gasteiger partial charge < -0.3 is 14.4 Å². The third-order valence-electron chi connectivity index (χ3n) is 2.84. The number of hydrogen-bond acceptors (Lipinski definition) is 5. The molecule has 1 rings (SSSR count). The SMILES string of the molecule is CCN(C)C(=O)c1cc(S(N)(=O)=O)c(OC)cc1OC. The standard InChI is InChI=1S/C12H18N2O5S/c1-5-14(2)12(15)8-6-11(20(13,16)17)10(19-4)7-9(8)18-3/h6-7H,5H2,1-4H3,(H2,13,16,17). The van der Waals surface area contributed by atoms with E-state index in [1.807, 2.05) is 0 Å². The molecule has 1 aromatic rings. The number of benzene rings is 1. The molecule has 0 unspecified atom stereocenters. The van der Waals surface area contributed by atoms with Gasteiger partial charge in [-0.25, -0.2) is 13.6 Å². The largest absolute Gasteiger partial charge is 0.496 e. The molecule has 20 heavy (non-hydrogen) atoms. The molecule has 0 aliphatic carbocycles. The molecule has 7 nitrogen and oxygen atoms in total. The fourth-order valence-electron chi connectivity index (χ4n) is 1.61. The molecule has 0 radical (unpaired) electrons. The van der Waals surface area contributed by atoms with Gasteiger partial charge in [0.05, 0.1) is 19.8 Å². The van der Waals surface area contributed by atoms with Crippen molar-refractivity contribution in [2.75, 3.05) is 27.8 Å². The number of carbonyl (C=O) groups is 1. The second-order valence-electron chi connectivity index (χ2n) is 4.07. The zero-order valence-corrected chi connectivity index (χ0v) is 12.7. The van der Waals surface area contributed by atoms with Crippen molar-refractivity contribution in [2.24, 2.45) is 5.14 Å². The van der Waals surface area contributed by atoms with E-state index in [1.165, 1.54) is 31.3 Å². The number of rotatable bonds is 5. The lowest BCUT2D eigenvalue weighted by molar-refractivity contribution is 0.0798. The van der Waals surface area contributed by atoms with Crippen molar-refractivity contribution in [3.05, 3.63) is 17.7 Å². The van der Waals surface area contributed by atoms with Crippen LogP contribution in [0.4, 0.5) is 0 Å². The normalized spacial score (nSPS) is 11.1. The van der Waals surface area contributed by atoms with Crippen LogP contribution >= 0.6 is 0 Å². The van der Waals surface area contributed by atoms with E-state index in [-0.39, 0.29) is 27.9 Å². The van der Waals surface area contributed by atoms with Crippen molar-refractivity contribution in [3.63, 3.8) is 0 Å². The summed E-state index contributed by atoms with van der Waals surface area (Å²) in [6.45, 7) is 2.27. The maximum absolute atomic E-state index is 12.2. The Balaban J connectivity index is 3.56. The predicted molar refractivity (Wildman–Crippen MR) is 73.6 cm³/mol. The Kier molecular flexibility index (Phi) is 4.96. The van der Waals surface area contributed by atoms with E-state index < -0.39 is 10.0 Å². The highest BCUT2D eigenvalue weighted by atomic mass is 32.2. The Morgan fingerprint density at radius 2 is 1.80 bits per heavy atom. The number of nitrogens with two attached hydrogens (primary N) is 1. The van der Waals surface area contributed by atoms with Crippen LogP contribution in [0.2, 0.25) is 0 Å². The van der Waals surface area contributed by atoms with Gasteiger partial charge in [0.2, 0.25) is 10.0 Å². The molecule has 0 aliphatic rings. The molecule has 0 bridgehead atoms. The number of ether oxygens (including phenoxy) is 2. The van der Waals surface area contributed by atoms with Crippen LogP contribution in [0.1, 0.15) is 17.3 Å². The van der Waals surface area contributed by atoms with Gasteiger partial charge in [-0.2, -0.15) is 0 Å². The number of carbonyl (C=O) groups excluding carboxylic acids is 1. The first-order valence-corrected chi connectivity index (χ1v) is 7.35. The van der Waals surface area contributed by atoms with Gasteiger partial charge in [0.1, 0.15) is 16.4 Å². The number of amides is 1. The first kappa shape index (κ1) is 16.3. The zero-order valence-electron chi connectivity index (χ0n) is 11.8. The first-order valence-electron chi connectivity index (χ1n) is 5.80. The molecule has 0 heterocycles. The molecule has 0 aromatic heterocycles. The van der Waals surface area contributed by atoms with Crippen LogP contribution in [0, 0.1) is 0 Å². The highest BCUT2D eigenvalue weighted by Crippen LogP contribution is 2.32. The van der Waals surface area contributed by atoms with Gasteiger partial charge in [-0.15, -0.1) is 0 Å². The van der Waals surface area contributed by atoms with Gasteiger partial charge >= 0.3 is 0 Å². The molecule has 2 N–H and O–H groups in total. The number of nitrogens with zero attached hydrogens (tertiary/aromatic N) is 1. The Labute approximate surface area is 118 Å². The summed E-state index contributed by atoms with van der Waals surface area (Å²) < 4.78 is 33.2. The molecule has 1 amide bonds. The molecular weight excluding hydrogens is 284 g/mol. The second-order valence-corrected chi connectivity index (χ2v) is 5.60. The minimum absolute atomic E-state index is 0.0278. The van der Waals surface area contributed by atoms with Crippen LogP contribution < -0.4 is 14.6 Å². The van der Waals surface area contributed by atoms with E-state index in [4.69, 9.17) is 14.6 Å². The number of sulfonamides is 1. The highest BCUT2D eigenvalue weighted by Gasteiger charge is 2.23. The van der Waals surface area contributed by atoms with E-state index in [1.54, 1.807) is 14.0 Å². The molecule has 112 valence electrons. The summed E-state index contributed by atoms with van der Waals surface area (Å²) in [5.74, 6) is -0.114. The lowest BCUT2D eigenvalue weighted by Gasteiger charge is -2.18. The molecule has 0 saturated heterocycles. The topological polar surface area (TPSA) is 98.9 Å². The van der Waals surface area contributed by atoms with Crippen LogP contribution in [0.5, 0.6) is 11.5 Å². The summed E-state index contributed by atoms with van der Waals surface area (Å²) in [6, 6.07) is 2.50. The van der Waals surface area contributed by atoms with E-state index in [0.29, 0.717) is 6.54 Å². The highest BCUT2D eigenvalue weighted by molar-refractivity contribution is 7.89. The van der Waals surface area contributed by atoms with Gasteiger partial charge in [0.25, 0.3) is 5.91 Å². The molecule has 0 saturated carbocycles. The monoisotopic (exact) mass is 302 g/mol. The third kappa shape index (κ3) is 3.20. The maximum Gasteiger partial charge on any atom is 0.257 e. The minimum Gasteiger partial charge on any atom is -0.496 e. The number of primary sulfonamides is 1. The summed E-state index contributed by atoms with van der Waals surface area (Å²) in [4.78, 5) is 13.4. The Morgan fingerprint density at radius 3 is 2.20 bits per heavy atom. The quantitative estimate of drug-likeness (QED) is 0.851. The van der Waals surface area contributed by atoms with Gasteiger partial charge in [0.15, 0.2) is 0 Å². The maximum atomic E-state index is 12.2. The molecule has 0 aliphatic heterocycles. The van der Waals surface area contributed by atoms with Crippen LogP contribution in [-0.4, -0.2) is 47.0 Å². The summed E-state index contributed by atoms with van der Waals surface area (Å²) >= 11 is 0. The number of methoxy groups -OCH3 is 2. The van der Waals surface area contributed by atoms with Gasteiger partial charge in [0, 0.05) is 19.7 Å². The smallest absolute Gasteiger partial charge is 0.257 e. The molecule has 8 heteroatoms. The van der Waals surface area contributed by atoms with Crippen LogP contribution in [-0.2, 0) is 10.0 Å². The summed E-state index contributed by atoms with van der Waals surface area (Å²) in [7, 11) is 0.281. The van der Waals surface area contributed by atoms with Crippen molar-refractivity contribution in [1.29, 1.82) is 0 Å². The fraction of sp³-hybridized carbons (Fsp3) is 0.417. The number of hydrogen-bond donors (Lipinski definition) is 1. The molecule has 0 spiro atoms. The Bertz CT molecular complexity index is 613. The van der Waals surface area contributed by atoms with Gasteiger partial charge in [-0.3, -0.25) is 4.79 Å². The van der Waals surface area contributed by atoms with Crippen LogP contribution in [0.25, 0.3) is 0 Å². The van der Waals surface area contributed by atoms with Crippen molar-refractivity contribution >= 4 is 15.9 Å². The average Bonchev–Trinajstić information content (AvgIpc) is 2.42. The Morgan fingerprint density at radius 1 is 1.25 bits per heavy atom. The van der Waals surface area contributed by atoms with Crippen LogP contribution in [0.3, 0.4) is 0 Å². The molecule has 0 fully saturated rings. The summed E-state index contributed by atoms with van der Waals surface area (Å²) in [5.41, 5.74) is 0.113. The molecular formula is C12H18N2O5S. The van der Waals surface area contributed by atoms with E-state index in [9.17, 15) is 13.2 Å². The minimum atomic E-state index is -4.01. The second kappa shape index (κ2) is 6.10. The molecule has 0 atom stereocenters. The van der Waals surface area contributed by atoms with E-state index in [0.717, 1.165) is 0 Å². The van der Waals surface area contributed by atoms with Crippen molar-refractivity contribution in [2.45, 2.75) is 11.8 Å². The average molecular weight is 302 g/mol. The summed E-state index contributed by atoms with van der Waals surface area (Å²) in [6.07, 6.45) is 0. The lowest BCUT2D eigenvalue weighted by Crippen LogP contribution is -2.27. The van der Waals surface area contributed by atoms with Crippen molar-refractivity contribution in [3.8, 4) is 11.5 Å². The third-order valence-corrected chi connectivity index (χ3v) is 3.78.